The molecule has 2 heteroatoms. The van der Waals surface area contributed by atoms with Crippen molar-refractivity contribution in [1.29, 1.82) is 0 Å². The van der Waals surface area contributed by atoms with Crippen LogP contribution in [0, 0.1) is 0 Å². The third-order valence-electron chi connectivity index (χ3n) is 2.84. The van der Waals surface area contributed by atoms with Crippen molar-refractivity contribution in [2.45, 2.75) is 44.8 Å². The van der Waals surface area contributed by atoms with Gasteiger partial charge < -0.3 is 10.2 Å². The van der Waals surface area contributed by atoms with Crippen molar-refractivity contribution in [2.75, 3.05) is 0 Å². The van der Waals surface area contributed by atoms with Gasteiger partial charge in [-0.25, -0.2) is 0 Å². The van der Waals surface area contributed by atoms with Gasteiger partial charge in [-0.05, 0) is 18.9 Å². The fourth-order valence-corrected chi connectivity index (χ4v) is 1.65. The molecule has 0 aliphatic heterocycles. The van der Waals surface area contributed by atoms with Crippen molar-refractivity contribution in [1.82, 2.24) is 0 Å². The van der Waals surface area contributed by atoms with Crippen molar-refractivity contribution >= 4 is 0 Å². The van der Waals surface area contributed by atoms with E-state index in [4.69, 9.17) is 0 Å². The minimum Gasteiger partial charge on any atom is -0.390 e. The van der Waals surface area contributed by atoms with E-state index in [0.29, 0.717) is 6.42 Å². The average molecular weight is 208 g/mol. The Bertz CT molecular complexity index is 280. The summed E-state index contributed by atoms with van der Waals surface area (Å²) in [5, 5.41) is 20.1. The summed E-state index contributed by atoms with van der Waals surface area (Å²) in [5.41, 5.74) is -0.371. The summed E-state index contributed by atoms with van der Waals surface area (Å²) in [7, 11) is 0. The minimum atomic E-state index is -1.14. The van der Waals surface area contributed by atoms with Crippen LogP contribution in [0.4, 0.5) is 0 Å². The maximum atomic E-state index is 10.2. The van der Waals surface area contributed by atoms with E-state index in [-0.39, 0.29) is 0 Å². The molecule has 0 heterocycles. The van der Waals surface area contributed by atoms with Gasteiger partial charge in [-0.1, -0.05) is 50.1 Å². The fourth-order valence-electron chi connectivity index (χ4n) is 1.65. The number of benzene rings is 1. The average Bonchev–Trinajstić information content (AvgIpc) is 2.27. The van der Waals surface area contributed by atoms with Crippen LogP contribution in [0.15, 0.2) is 30.3 Å². The lowest BCUT2D eigenvalue weighted by Crippen LogP contribution is -2.36. The second-order valence-electron chi connectivity index (χ2n) is 4.17. The summed E-state index contributed by atoms with van der Waals surface area (Å²) in [6.45, 7) is 3.74. The molecule has 0 aromatic heterocycles. The van der Waals surface area contributed by atoms with E-state index in [1.54, 1.807) is 6.92 Å². The summed E-state index contributed by atoms with van der Waals surface area (Å²) < 4.78 is 0. The molecule has 2 atom stereocenters. The molecule has 0 saturated carbocycles. The van der Waals surface area contributed by atoms with E-state index < -0.39 is 11.7 Å². The van der Waals surface area contributed by atoms with E-state index in [9.17, 15) is 10.2 Å². The number of hydrogen-bond acceptors (Lipinski definition) is 2. The molecule has 84 valence electrons. The van der Waals surface area contributed by atoms with Gasteiger partial charge in [0.2, 0.25) is 0 Å². The van der Waals surface area contributed by atoms with E-state index in [2.05, 4.69) is 6.92 Å². The van der Waals surface area contributed by atoms with Crippen molar-refractivity contribution in [3.05, 3.63) is 35.9 Å². The van der Waals surface area contributed by atoms with Crippen molar-refractivity contribution < 1.29 is 10.2 Å². The third-order valence-corrected chi connectivity index (χ3v) is 2.84. The SMILES string of the molecule is CCCC[C@H](O)[C@@](C)(O)c1ccccc1. The van der Waals surface area contributed by atoms with E-state index in [1.165, 1.54) is 0 Å². The normalized spacial score (nSPS) is 17.1. The highest BCUT2D eigenvalue weighted by Crippen LogP contribution is 2.27. The third kappa shape index (κ3) is 3.05. The highest BCUT2D eigenvalue weighted by Gasteiger charge is 2.31. The Morgan fingerprint density at radius 3 is 2.40 bits per heavy atom. The van der Waals surface area contributed by atoms with Crippen LogP contribution in [-0.2, 0) is 5.60 Å². The standard InChI is InChI=1S/C13H20O2/c1-3-4-10-12(14)13(2,15)11-8-6-5-7-9-11/h5-9,12,14-15H,3-4,10H2,1-2H3/t12-,13-/m0/s1. The number of aliphatic hydroxyl groups excluding tert-OH is 1. The topological polar surface area (TPSA) is 40.5 Å². The van der Waals surface area contributed by atoms with Crippen LogP contribution in [0.3, 0.4) is 0 Å². The predicted octanol–water partition coefficient (Wildman–Crippen LogP) is 2.45. The number of hydrogen-bond donors (Lipinski definition) is 2. The molecular formula is C13H20O2. The molecule has 0 saturated heterocycles. The zero-order valence-corrected chi connectivity index (χ0v) is 9.48. The Hall–Kier alpha value is -0.860. The molecule has 1 aromatic rings. The maximum absolute atomic E-state index is 10.2. The van der Waals surface area contributed by atoms with Crippen LogP contribution in [-0.4, -0.2) is 16.3 Å². The molecule has 1 rings (SSSR count). The zero-order valence-electron chi connectivity index (χ0n) is 9.48. The van der Waals surface area contributed by atoms with Gasteiger partial charge in [0.1, 0.15) is 5.60 Å². The summed E-state index contributed by atoms with van der Waals surface area (Å²) in [6.07, 6.45) is 1.91. The van der Waals surface area contributed by atoms with Crippen LogP contribution >= 0.6 is 0 Å². The second-order valence-corrected chi connectivity index (χ2v) is 4.17. The van der Waals surface area contributed by atoms with Gasteiger partial charge in [-0.2, -0.15) is 0 Å². The first-order chi connectivity index (χ1) is 7.09. The van der Waals surface area contributed by atoms with Crippen LogP contribution in [0.2, 0.25) is 0 Å². The molecular weight excluding hydrogens is 188 g/mol. The zero-order chi connectivity index (χ0) is 11.3. The predicted molar refractivity (Wildman–Crippen MR) is 61.5 cm³/mol. The molecule has 2 nitrogen and oxygen atoms in total. The summed E-state index contributed by atoms with van der Waals surface area (Å²) in [4.78, 5) is 0. The molecule has 1 aromatic carbocycles. The summed E-state index contributed by atoms with van der Waals surface area (Å²) in [6, 6.07) is 9.33. The fraction of sp³-hybridized carbons (Fsp3) is 0.538. The van der Waals surface area contributed by atoms with Crippen LogP contribution < -0.4 is 0 Å². The van der Waals surface area contributed by atoms with Gasteiger partial charge in [0.15, 0.2) is 0 Å². The Morgan fingerprint density at radius 2 is 1.87 bits per heavy atom. The Morgan fingerprint density at radius 1 is 1.27 bits per heavy atom. The van der Waals surface area contributed by atoms with Gasteiger partial charge in [0.25, 0.3) is 0 Å². The number of unbranched alkanes of at least 4 members (excludes halogenated alkanes) is 1. The Balaban J connectivity index is 2.73. The Kier molecular flexibility index (Phi) is 4.30. The van der Waals surface area contributed by atoms with Crippen LogP contribution in [0.25, 0.3) is 0 Å². The quantitative estimate of drug-likeness (QED) is 0.780. The molecule has 0 bridgehead atoms. The molecule has 2 N–H and O–H groups in total. The van der Waals surface area contributed by atoms with E-state index >= 15 is 0 Å². The highest BCUT2D eigenvalue weighted by molar-refractivity contribution is 5.22. The molecule has 0 radical (unpaired) electrons. The van der Waals surface area contributed by atoms with E-state index in [0.717, 1.165) is 18.4 Å². The lowest BCUT2D eigenvalue weighted by molar-refractivity contribution is -0.0708. The molecule has 0 spiro atoms. The lowest BCUT2D eigenvalue weighted by Gasteiger charge is -2.29. The van der Waals surface area contributed by atoms with Crippen LogP contribution in [0.1, 0.15) is 38.7 Å². The van der Waals surface area contributed by atoms with Gasteiger partial charge in [0, 0.05) is 0 Å². The first-order valence-electron chi connectivity index (χ1n) is 5.55. The monoisotopic (exact) mass is 208 g/mol. The van der Waals surface area contributed by atoms with Gasteiger partial charge in [-0.15, -0.1) is 0 Å². The number of rotatable bonds is 5. The smallest absolute Gasteiger partial charge is 0.113 e. The second kappa shape index (κ2) is 5.29. The maximum Gasteiger partial charge on any atom is 0.113 e. The van der Waals surface area contributed by atoms with Crippen molar-refractivity contribution in [3.63, 3.8) is 0 Å². The highest BCUT2D eigenvalue weighted by atomic mass is 16.3. The van der Waals surface area contributed by atoms with Gasteiger partial charge >= 0.3 is 0 Å². The molecule has 15 heavy (non-hydrogen) atoms. The molecule has 0 amide bonds. The van der Waals surface area contributed by atoms with Crippen LogP contribution in [0.5, 0.6) is 0 Å². The molecule has 0 aliphatic carbocycles. The minimum absolute atomic E-state index is 0.637. The summed E-state index contributed by atoms with van der Waals surface area (Å²) >= 11 is 0. The van der Waals surface area contributed by atoms with Gasteiger partial charge in [-0.3, -0.25) is 0 Å². The lowest BCUT2D eigenvalue weighted by atomic mass is 9.87. The number of aliphatic hydroxyl groups is 2. The van der Waals surface area contributed by atoms with Gasteiger partial charge in [0.05, 0.1) is 6.10 Å². The largest absolute Gasteiger partial charge is 0.390 e. The van der Waals surface area contributed by atoms with E-state index in [1.807, 2.05) is 30.3 Å². The molecule has 0 fully saturated rings. The molecule has 0 aliphatic rings. The Labute approximate surface area is 91.6 Å². The summed E-state index contributed by atoms with van der Waals surface area (Å²) in [5.74, 6) is 0. The van der Waals surface area contributed by atoms with Crippen molar-refractivity contribution in [2.24, 2.45) is 0 Å². The van der Waals surface area contributed by atoms with Crippen molar-refractivity contribution in [3.8, 4) is 0 Å². The molecule has 0 unspecified atom stereocenters. The first kappa shape index (κ1) is 12.2. The first-order valence-corrected chi connectivity index (χ1v) is 5.55.